The van der Waals surface area contributed by atoms with Crippen LogP contribution in [0.15, 0.2) is 0 Å². The number of hydrogen-bond donors (Lipinski definition) is 1. The average molecular weight is 214 g/mol. The van der Waals surface area contributed by atoms with Crippen LogP contribution in [0.5, 0.6) is 0 Å². The third-order valence-corrected chi connectivity index (χ3v) is 3.39. The SMILES string of the molecule is CCCCCN(C(C)C)C(C)C(C)NC. The van der Waals surface area contributed by atoms with Crippen LogP contribution in [0.3, 0.4) is 0 Å². The molecule has 0 saturated heterocycles. The second-order valence-corrected chi connectivity index (χ2v) is 4.86. The van der Waals surface area contributed by atoms with Gasteiger partial charge in [-0.1, -0.05) is 19.8 Å². The van der Waals surface area contributed by atoms with E-state index in [2.05, 4.69) is 44.8 Å². The molecular weight excluding hydrogens is 184 g/mol. The number of nitrogens with one attached hydrogen (secondary N) is 1. The van der Waals surface area contributed by atoms with Gasteiger partial charge in [-0.3, -0.25) is 4.90 Å². The van der Waals surface area contributed by atoms with Crippen LogP contribution in [0.4, 0.5) is 0 Å². The van der Waals surface area contributed by atoms with Crippen molar-refractivity contribution < 1.29 is 0 Å². The second kappa shape index (κ2) is 8.12. The Balaban J connectivity index is 4.12. The van der Waals surface area contributed by atoms with E-state index in [1.807, 2.05) is 7.05 Å². The van der Waals surface area contributed by atoms with Crippen molar-refractivity contribution in [2.75, 3.05) is 13.6 Å². The van der Waals surface area contributed by atoms with Crippen molar-refractivity contribution in [2.24, 2.45) is 0 Å². The van der Waals surface area contributed by atoms with Crippen molar-refractivity contribution in [3.63, 3.8) is 0 Å². The van der Waals surface area contributed by atoms with Crippen molar-refractivity contribution in [3.8, 4) is 0 Å². The van der Waals surface area contributed by atoms with Gasteiger partial charge < -0.3 is 5.32 Å². The van der Waals surface area contributed by atoms with Gasteiger partial charge >= 0.3 is 0 Å². The van der Waals surface area contributed by atoms with Gasteiger partial charge in [0.25, 0.3) is 0 Å². The minimum atomic E-state index is 0.564. The first-order chi connectivity index (χ1) is 7.04. The van der Waals surface area contributed by atoms with Crippen LogP contribution in [0, 0.1) is 0 Å². The largest absolute Gasteiger partial charge is 0.316 e. The Morgan fingerprint density at radius 2 is 1.67 bits per heavy atom. The van der Waals surface area contributed by atoms with E-state index >= 15 is 0 Å². The van der Waals surface area contributed by atoms with E-state index in [1.54, 1.807) is 0 Å². The quantitative estimate of drug-likeness (QED) is 0.625. The van der Waals surface area contributed by atoms with E-state index in [0.29, 0.717) is 18.1 Å². The zero-order chi connectivity index (χ0) is 11.8. The number of hydrogen-bond acceptors (Lipinski definition) is 2. The number of rotatable bonds is 8. The van der Waals surface area contributed by atoms with E-state index in [-0.39, 0.29) is 0 Å². The molecule has 2 heteroatoms. The average Bonchev–Trinajstić information content (AvgIpc) is 2.22. The Hall–Kier alpha value is -0.0800. The summed E-state index contributed by atoms with van der Waals surface area (Å²) in [5.74, 6) is 0. The molecule has 0 aliphatic heterocycles. The van der Waals surface area contributed by atoms with E-state index in [9.17, 15) is 0 Å². The minimum absolute atomic E-state index is 0.564. The van der Waals surface area contributed by atoms with Gasteiger partial charge in [-0.15, -0.1) is 0 Å². The maximum atomic E-state index is 3.35. The van der Waals surface area contributed by atoms with Gasteiger partial charge in [0.1, 0.15) is 0 Å². The molecule has 2 atom stereocenters. The summed E-state index contributed by atoms with van der Waals surface area (Å²) < 4.78 is 0. The minimum Gasteiger partial charge on any atom is -0.316 e. The van der Waals surface area contributed by atoms with Gasteiger partial charge in [0.15, 0.2) is 0 Å². The fourth-order valence-electron chi connectivity index (χ4n) is 2.00. The lowest BCUT2D eigenvalue weighted by molar-refractivity contribution is 0.136. The molecule has 0 amide bonds. The maximum Gasteiger partial charge on any atom is 0.0220 e. The molecule has 0 aromatic rings. The van der Waals surface area contributed by atoms with Gasteiger partial charge in [-0.25, -0.2) is 0 Å². The van der Waals surface area contributed by atoms with Crippen molar-refractivity contribution in [1.82, 2.24) is 10.2 Å². The summed E-state index contributed by atoms with van der Waals surface area (Å²) in [6, 6.07) is 1.83. The zero-order valence-corrected chi connectivity index (χ0v) is 11.5. The fraction of sp³-hybridized carbons (Fsp3) is 1.00. The maximum absolute atomic E-state index is 3.35. The highest BCUT2D eigenvalue weighted by molar-refractivity contribution is 4.78. The van der Waals surface area contributed by atoms with Gasteiger partial charge in [0.05, 0.1) is 0 Å². The van der Waals surface area contributed by atoms with Crippen LogP contribution in [0.2, 0.25) is 0 Å². The van der Waals surface area contributed by atoms with Crippen LogP contribution in [-0.4, -0.2) is 36.6 Å². The van der Waals surface area contributed by atoms with Gasteiger partial charge in [-0.2, -0.15) is 0 Å². The van der Waals surface area contributed by atoms with E-state index in [1.165, 1.54) is 25.8 Å². The Morgan fingerprint density at radius 3 is 2.07 bits per heavy atom. The summed E-state index contributed by atoms with van der Waals surface area (Å²) in [5, 5.41) is 3.35. The Morgan fingerprint density at radius 1 is 1.07 bits per heavy atom. The van der Waals surface area contributed by atoms with Crippen molar-refractivity contribution in [1.29, 1.82) is 0 Å². The molecule has 0 aromatic heterocycles. The normalized spacial score (nSPS) is 16.0. The molecule has 0 aliphatic rings. The van der Waals surface area contributed by atoms with Crippen LogP contribution < -0.4 is 5.32 Å². The third kappa shape index (κ3) is 5.53. The Bertz CT molecular complexity index is 145. The predicted molar refractivity (Wildman–Crippen MR) is 69.4 cm³/mol. The molecule has 0 radical (unpaired) electrons. The first-order valence-corrected chi connectivity index (χ1v) is 6.47. The lowest BCUT2D eigenvalue weighted by Crippen LogP contribution is -2.49. The van der Waals surface area contributed by atoms with E-state index in [0.717, 1.165) is 0 Å². The monoisotopic (exact) mass is 214 g/mol. The molecule has 0 saturated carbocycles. The summed E-state index contributed by atoms with van der Waals surface area (Å²) >= 11 is 0. The lowest BCUT2D eigenvalue weighted by Gasteiger charge is -2.36. The number of likely N-dealkylation sites (N-methyl/N-ethyl adjacent to an activating group) is 1. The molecule has 0 spiro atoms. The first kappa shape index (κ1) is 14.9. The van der Waals surface area contributed by atoms with Crippen molar-refractivity contribution in [3.05, 3.63) is 0 Å². The number of nitrogens with zero attached hydrogens (tertiary/aromatic N) is 1. The summed E-state index contributed by atoms with van der Waals surface area (Å²) in [6.07, 6.45) is 3.99. The van der Waals surface area contributed by atoms with Gasteiger partial charge in [0, 0.05) is 18.1 Å². The summed E-state index contributed by atoms with van der Waals surface area (Å²) in [4.78, 5) is 2.61. The Labute approximate surface area is 96.4 Å². The van der Waals surface area contributed by atoms with E-state index < -0.39 is 0 Å². The predicted octanol–water partition coefficient (Wildman–Crippen LogP) is 2.88. The lowest BCUT2D eigenvalue weighted by atomic mass is 10.1. The molecule has 15 heavy (non-hydrogen) atoms. The summed E-state index contributed by atoms with van der Waals surface area (Å²) in [5.41, 5.74) is 0. The molecule has 2 unspecified atom stereocenters. The molecular formula is C13H30N2. The van der Waals surface area contributed by atoms with Crippen LogP contribution >= 0.6 is 0 Å². The van der Waals surface area contributed by atoms with Crippen molar-refractivity contribution >= 4 is 0 Å². The highest BCUT2D eigenvalue weighted by Crippen LogP contribution is 2.11. The second-order valence-electron chi connectivity index (χ2n) is 4.86. The summed E-state index contributed by atoms with van der Waals surface area (Å²) in [7, 11) is 2.05. The first-order valence-electron chi connectivity index (χ1n) is 6.47. The van der Waals surface area contributed by atoms with Gasteiger partial charge in [-0.05, 0) is 47.7 Å². The standard InChI is InChI=1S/C13H30N2/c1-7-8-9-10-15(11(2)3)13(5)12(4)14-6/h11-14H,7-10H2,1-6H3. The zero-order valence-electron chi connectivity index (χ0n) is 11.5. The molecule has 1 N–H and O–H groups in total. The smallest absolute Gasteiger partial charge is 0.0220 e. The molecule has 92 valence electrons. The topological polar surface area (TPSA) is 15.3 Å². The highest BCUT2D eigenvalue weighted by Gasteiger charge is 2.20. The molecule has 2 nitrogen and oxygen atoms in total. The molecule has 0 fully saturated rings. The van der Waals surface area contributed by atoms with Crippen molar-refractivity contribution in [2.45, 2.75) is 72.0 Å². The Kier molecular flexibility index (Phi) is 8.07. The molecule has 0 rings (SSSR count). The van der Waals surface area contributed by atoms with Crippen LogP contribution in [-0.2, 0) is 0 Å². The molecule has 0 aromatic carbocycles. The summed E-state index contributed by atoms with van der Waals surface area (Å²) in [6.45, 7) is 12.7. The molecule has 0 heterocycles. The van der Waals surface area contributed by atoms with E-state index in [4.69, 9.17) is 0 Å². The third-order valence-electron chi connectivity index (χ3n) is 3.39. The number of unbranched alkanes of at least 4 members (excludes halogenated alkanes) is 2. The highest BCUT2D eigenvalue weighted by atomic mass is 15.2. The van der Waals surface area contributed by atoms with Gasteiger partial charge in [0.2, 0.25) is 0 Å². The van der Waals surface area contributed by atoms with Crippen LogP contribution in [0.25, 0.3) is 0 Å². The fourth-order valence-corrected chi connectivity index (χ4v) is 2.00. The molecule has 0 aliphatic carbocycles. The van der Waals surface area contributed by atoms with Crippen LogP contribution in [0.1, 0.15) is 53.9 Å². The molecule has 0 bridgehead atoms.